The second-order valence-corrected chi connectivity index (χ2v) is 2.98. The quantitative estimate of drug-likeness (QED) is 0.627. The Morgan fingerprint density at radius 2 is 1.70 bits per heavy atom. The average molecular weight is 146 g/mol. The van der Waals surface area contributed by atoms with Gasteiger partial charge in [-0.2, -0.15) is 0 Å². The lowest BCUT2D eigenvalue weighted by molar-refractivity contribution is -0.0120. The van der Waals surface area contributed by atoms with Crippen LogP contribution in [0.25, 0.3) is 0 Å². The molecule has 0 aromatic rings. The first kappa shape index (κ1) is 9.92. The van der Waals surface area contributed by atoms with Crippen LogP contribution in [0.15, 0.2) is 0 Å². The van der Waals surface area contributed by atoms with Crippen molar-refractivity contribution in [1.29, 1.82) is 0 Å². The van der Waals surface area contributed by atoms with Gasteiger partial charge in [0.05, 0.1) is 11.7 Å². The molecule has 62 valence electrons. The molecule has 2 N–H and O–H groups in total. The van der Waals surface area contributed by atoms with Gasteiger partial charge in [-0.25, -0.2) is 0 Å². The van der Waals surface area contributed by atoms with Crippen molar-refractivity contribution in [3.8, 4) is 0 Å². The van der Waals surface area contributed by atoms with Crippen molar-refractivity contribution in [2.75, 3.05) is 0 Å². The Morgan fingerprint density at radius 3 is 1.80 bits per heavy atom. The summed E-state index contributed by atoms with van der Waals surface area (Å²) in [6.45, 7) is 5.58. The fraction of sp³-hybridized carbons (Fsp3) is 1.00. The highest BCUT2D eigenvalue weighted by Crippen LogP contribution is 2.20. The van der Waals surface area contributed by atoms with E-state index in [1.54, 1.807) is 6.92 Å². The summed E-state index contributed by atoms with van der Waals surface area (Å²) in [5.74, 6) is 0. The molecule has 0 saturated carbocycles. The zero-order valence-corrected chi connectivity index (χ0v) is 7.09. The van der Waals surface area contributed by atoms with Crippen molar-refractivity contribution in [2.45, 2.75) is 51.7 Å². The van der Waals surface area contributed by atoms with Crippen LogP contribution in [0.2, 0.25) is 0 Å². The minimum atomic E-state index is -0.645. The summed E-state index contributed by atoms with van der Waals surface area (Å²) in [6.07, 6.45) is 1.52. The Bertz CT molecular complexity index is 85.3. The zero-order chi connectivity index (χ0) is 8.20. The van der Waals surface area contributed by atoms with Gasteiger partial charge in [0.25, 0.3) is 0 Å². The summed E-state index contributed by atoms with van der Waals surface area (Å²) in [7, 11) is 0. The van der Waals surface area contributed by atoms with Crippen molar-refractivity contribution in [2.24, 2.45) is 0 Å². The Labute approximate surface area is 62.9 Å². The number of hydrogen-bond acceptors (Lipinski definition) is 2. The maximum atomic E-state index is 9.64. The van der Waals surface area contributed by atoms with E-state index < -0.39 is 11.7 Å². The summed E-state index contributed by atoms with van der Waals surface area (Å²) in [4.78, 5) is 0. The third kappa shape index (κ3) is 3.18. The Balaban J connectivity index is 3.80. The third-order valence-electron chi connectivity index (χ3n) is 1.99. The molecule has 0 radical (unpaired) electrons. The molecule has 0 aliphatic rings. The summed E-state index contributed by atoms with van der Waals surface area (Å²) in [5.41, 5.74) is -0.645. The second kappa shape index (κ2) is 3.94. The van der Waals surface area contributed by atoms with Crippen molar-refractivity contribution in [3.63, 3.8) is 0 Å². The molecule has 2 nitrogen and oxygen atoms in total. The van der Waals surface area contributed by atoms with Crippen LogP contribution < -0.4 is 0 Å². The van der Waals surface area contributed by atoms with Gasteiger partial charge in [-0.3, -0.25) is 0 Å². The van der Waals surface area contributed by atoms with Crippen LogP contribution in [-0.2, 0) is 0 Å². The van der Waals surface area contributed by atoms with E-state index in [0.717, 1.165) is 0 Å². The minimum absolute atomic E-state index is 0.398. The van der Waals surface area contributed by atoms with Gasteiger partial charge in [-0.15, -0.1) is 0 Å². The summed E-state index contributed by atoms with van der Waals surface area (Å²) >= 11 is 0. The van der Waals surface area contributed by atoms with Crippen LogP contribution >= 0.6 is 0 Å². The van der Waals surface area contributed by atoms with E-state index in [0.29, 0.717) is 19.3 Å². The highest BCUT2D eigenvalue weighted by atomic mass is 16.3. The highest BCUT2D eigenvalue weighted by Gasteiger charge is 2.23. The van der Waals surface area contributed by atoms with E-state index in [4.69, 9.17) is 5.11 Å². The molecular formula is C8H18O2. The first-order valence-electron chi connectivity index (χ1n) is 3.94. The molecule has 1 atom stereocenters. The number of rotatable bonds is 4. The molecule has 0 fully saturated rings. The lowest BCUT2D eigenvalue weighted by atomic mass is 9.91. The smallest absolute Gasteiger partial charge is 0.0667 e. The molecule has 0 saturated heterocycles. The van der Waals surface area contributed by atoms with Crippen LogP contribution in [-0.4, -0.2) is 21.9 Å². The highest BCUT2D eigenvalue weighted by molar-refractivity contribution is 4.76. The fourth-order valence-corrected chi connectivity index (χ4v) is 1.09. The molecule has 0 aliphatic heterocycles. The monoisotopic (exact) mass is 146 g/mol. The van der Waals surface area contributed by atoms with Gasteiger partial charge in [0.15, 0.2) is 0 Å². The average Bonchev–Trinajstić information content (AvgIpc) is 1.87. The largest absolute Gasteiger partial charge is 0.393 e. The second-order valence-electron chi connectivity index (χ2n) is 2.98. The van der Waals surface area contributed by atoms with Crippen LogP contribution in [0.4, 0.5) is 0 Å². The lowest BCUT2D eigenvalue weighted by Gasteiger charge is -2.26. The molecule has 0 bridgehead atoms. The zero-order valence-electron chi connectivity index (χ0n) is 7.09. The van der Waals surface area contributed by atoms with Gasteiger partial charge in [-0.1, -0.05) is 13.8 Å². The van der Waals surface area contributed by atoms with Gasteiger partial charge >= 0.3 is 0 Å². The van der Waals surface area contributed by atoms with Gasteiger partial charge in [0, 0.05) is 6.42 Å². The summed E-state index contributed by atoms with van der Waals surface area (Å²) < 4.78 is 0. The number of aliphatic hydroxyl groups excluding tert-OH is 1. The van der Waals surface area contributed by atoms with Crippen LogP contribution in [0.3, 0.4) is 0 Å². The van der Waals surface area contributed by atoms with Gasteiger partial charge < -0.3 is 10.2 Å². The molecule has 1 unspecified atom stereocenters. The van der Waals surface area contributed by atoms with Crippen molar-refractivity contribution in [1.82, 2.24) is 0 Å². The summed E-state index contributed by atoms with van der Waals surface area (Å²) in [6, 6.07) is 0. The molecule has 0 aromatic carbocycles. The first-order valence-corrected chi connectivity index (χ1v) is 3.94. The van der Waals surface area contributed by atoms with E-state index >= 15 is 0 Å². The topological polar surface area (TPSA) is 40.5 Å². The van der Waals surface area contributed by atoms with Gasteiger partial charge in [0.2, 0.25) is 0 Å². The normalized spacial score (nSPS) is 15.3. The molecule has 0 heterocycles. The van der Waals surface area contributed by atoms with Crippen LogP contribution in [0.5, 0.6) is 0 Å². The Hall–Kier alpha value is -0.0800. The van der Waals surface area contributed by atoms with E-state index in [2.05, 4.69) is 0 Å². The van der Waals surface area contributed by atoms with E-state index in [9.17, 15) is 5.11 Å². The molecule has 0 spiro atoms. The maximum absolute atomic E-state index is 9.64. The summed E-state index contributed by atoms with van der Waals surface area (Å²) in [5, 5.41) is 18.6. The van der Waals surface area contributed by atoms with Gasteiger partial charge in [0.1, 0.15) is 0 Å². The van der Waals surface area contributed by atoms with Crippen LogP contribution in [0, 0.1) is 0 Å². The Kier molecular flexibility index (Phi) is 3.91. The molecule has 2 heteroatoms. The lowest BCUT2D eigenvalue weighted by Crippen LogP contribution is -2.30. The minimum Gasteiger partial charge on any atom is -0.393 e. The molecule has 10 heavy (non-hydrogen) atoms. The predicted octanol–water partition coefficient (Wildman–Crippen LogP) is 1.31. The van der Waals surface area contributed by atoms with Crippen molar-refractivity contribution >= 4 is 0 Å². The third-order valence-corrected chi connectivity index (χ3v) is 1.99. The first-order chi connectivity index (χ1) is 4.54. The van der Waals surface area contributed by atoms with Crippen molar-refractivity contribution in [3.05, 3.63) is 0 Å². The number of aliphatic hydroxyl groups is 2. The van der Waals surface area contributed by atoms with E-state index in [-0.39, 0.29) is 0 Å². The molecular weight excluding hydrogens is 128 g/mol. The van der Waals surface area contributed by atoms with E-state index in [1.165, 1.54) is 0 Å². The Morgan fingerprint density at radius 1 is 1.30 bits per heavy atom. The SMILES string of the molecule is CCC(O)(CC)CC(C)O. The molecule has 0 aliphatic carbocycles. The van der Waals surface area contributed by atoms with E-state index in [1.807, 2.05) is 13.8 Å². The molecule has 0 rings (SSSR count). The van der Waals surface area contributed by atoms with Crippen molar-refractivity contribution < 1.29 is 10.2 Å². The van der Waals surface area contributed by atoms with Gasteiger partial charge in [-0.05, 0) is 19.8 Å². The standard InChI is InChI=1S/C8H18O2/c1-4-8(10,5-2)6-7(3)9/h7,9-10H,4-6H2,1-3H3. The van der Waals surface area contributed by atoms with Crippen LogP contribution in [0.1, 0.15) is 40.0 Å². The fourth-order valence-electron chi connectivity index (χ4n) is 1.09. The molecule has 0 amide bonds. The number of hydrogen-bond donors (Lipinski definition) is 2. The maximum Gasteiger partial charge on any atom is 0.0667 e. The molecule has 0 aromatic heterocycles. The predicted molar refractivity (Wildman–Crippen MR) is 41.8 cm³/mol.